The van der Waals surface area contributed by atoms with Crippen molar-refractivity contribution in [3.05, 3.63) is 35.3 Å². The Bertz CT molecular complexity index is 960. The summed E-state index contributed by atoms with van der Waals surface area (Å²) < 4.78 is 47.1. The van der Waals surface area contributed by atoms with Crippen molar-refractivity contribution >= 4 is 22.4 Å². The van der Waals surface area contributed by atoms with Gasteiger partial charge in [-0.1, -0.05) is 6.07 Å². The Morgan fingerprint density at radius 2 is 2.04 bits per heavy atom. The van der Waals surface area contributed by atoms with Gasteiger partial charge in [0.2, 0.25) is 0 Å². The minimum atomic E-state index is -4.64. The number of thiophene rings is 1. The number of aliphatic hydroxyl groups excluding tert-OH is 3. The molecule has 0 saturated carbocycles. The fourth-order valence-corrected chi connectivity index (χ4v) is 3.76. The van der Waals surface area contributed by atoms with Crippen molar-refractivity contribution in [1.29, 1.82) is 0 Å². The molecule has 0 amide bonds. The van der Waals surface area contributed by atoms with Crippen molar-refractivity contribution in [2.24, 2.45) is 0 Å². The molecule has 4 heterocycles. The molecule has 1 saturated heterocycles. The number of halogens is 3. The molecular weight excluding hydrogens is 387 g/mol. The highest BCUT2D eigenvalue weighted by atomic mass is 32.1. The second-order valence-electron chi connectivity index (χ2n) is 6.09. The Hall–Kier alpha value is -2.05. The first-order chi connectivity index (χ1) is 12.8. The third kappa shape index (κ3) is 3.01. The van der Waals surface area contributed by atoms with Gasteiger partial charge < -0.3 is 20.1 Å². The molecule has 3 aromatic rings. The number of hydrogen-bond acceptors (Lipinski definition) is 7. The second kappa shape index (κ2) is 6.53. The van der Waals surface area contributed by atoms with Gasteiger partial charge in [-0.25, -0.2) is 9.67 Å². The Kier molecular flexibility index (Phi) is 4.43. The largest absolute Gasteiger partial charge is 0.417 e. The molecule has 11 heteroatoms. The number of rotatable bonds is 3. The van der Waals surface area contributed by atoms with Crippen molar-refractivity contribution in [2.45, 2.75) is 30.7 Å². The molecule has 1 aliphatic heterocycles. The summed E-state index contributed by atoms with van der Waals surface area (Å²) >= 11 is 1.24. The quantitative estimate of drug-likeness (QED) is 0.619. The number of ether oxygens (including phenoxy) is 1. The molecule has 4 rings (SSSR count). The van der Waals surface area contributed by atoms with Gasteiger partial charge >= 0.3 is 6.18 Å². The van der Waals surface area contributed by atoms with Gasteiger partial charge in [0.1, 0.15) is 18.3 Å². The van der Waals surface area contributed by atoms with Gasteiger partial charge in [-0.3, -0.25) is 0 Å². The van der Waals surface area contributed by atoms with Crippen LogP contribution in [-0.2, 0) is 10.9 Å². The van der Waals surface area contributed by atoms with Crippen molar-refractivity contribution < 1.29 is 33.2 Å². The molecule has 27 heavy (non-hydrogen) atoms. The van der Waals surface area contributed by atoms with Crippen molar-refractivity contribution in [1.82, 2.24) is 14.8 Å². The molecule has 4 atom stereocenters. The molecule has 0 radical (unpaired) electrons. The van der Waals surface area contributed by atoms with Crippen LogP contribution in [0.2, 0.25) is 0 Å². The van der Waals surface area contributed by atoms with E-state index in [0.717, 1.165) is 16.9 Å². The number of nitrogens with zero attached hydrogens (tertiary/aromatic N) is 3. The van der Waals surface area contributed by atoms with Crippen LogP contribution in [0, 0.1) is 0 Å². The van der Waals surface area contributed by atoms with Gasteiger partial charge in [0.05, 0.1) is 34.3 Å². The highest BCUT2D eigenvalue weighted by molar-refractivity contribution is 7.13. The SMILES string of the molecule is OC[C@H]1O[C@@H](n2ncc3c(C(F)(F)F)cc(-c4cccs4)nc32)[C@H](O)[C@@H]1O. The molecule has 144 valence electrons. The summed E-state index contributed by atoms with van der Waals surface area (Å²) in [5.41, 5.74) is -0.935. The van der Waals surface area contributed by atoms with Crippen LogP contribution in [0.4, 0.5) is 13.2 Å². The van der Waals surface area contributed by atoms with Gasteiger partial charge in [-0.05, 0) is 17.5 Å². The van der Waals surface area contributed by atoms with E-state index in [9.17, 15) is 28.5 Å². The lowest BCUT2D eigenvalue weighted by atomic mass is 10.1. The Labute approximate surface area is 154 Å². The summed E-state index contributed by atoms with van der Waals surface area (Å²) in [4.78, 5) is 4.82. The van der Waals surface area contributed by atoms with Crippen LogP contribution in [0.25, 0.3) is 21.6 Å². The molecule has 1 aliphatic rings. The lowest BCUT2D eigenvalue weighted by Crippen LogP contribution is -2.33. The third-order valence-electron chi connectivity index (χ3n) is 4.40. The fraction of sp³-hybridized carbons (Fsp3) is 0.375. The van der Waals surface area contributed by atoms with Gasteiger partial charge in [0, 0.05) is 0 Å². The number of aliphatic hydroxyl groups is 3. The second-order valence-corrected chi connectivity index (χ2v) is 7.03. The average Bonchev–Trinajstić information content (AvgIpc) is 3.34. The number of hydrogen-bond donors (Lipinski definition) is 3. The Balaban J connectivity index is 1.90. The lowest BCUT2D eigenvalue weighted by molar-refractivity contribution is -0.136. The summed E-state index contributed by atoms with van der Waals surface area (Å²) in [7, 11) is 0. The maximum atomic E-state index is 13.6. The number of fused-ring (bicyclic) bond motifs is 1. The smallest absolute Gasteiger partial charge is 0.394 e. The van der Waals surface area contributed by atoms with Crippen molar-refractivity contribution in [3.63, 3.8) is 0 Å². The first-order valence-electron chi connectivity index (χ1n) is 7.93. The zero-order chi connectivity index (χ0) is 19.3. The van der Waals surface area contributed by atoms with Crippen LogP contribution in [0.5, 0.6) is 0 Å². The number of pyridine rings is 1. The van der Waals surface area contributed by atoms with Crippen molar-refractivity contribution in [3.8, 4) is 10.6 Å². The predicted molar refractivity (Wildman–Crippen MR) is 88.9 cm³/mol. The first-order valence-corrected chi connectivity index (χ1v) is 8.81. The van der Waals surface area contributed by atoms with E-state index in [1.807, 2.05) is 0 Å². The van der Waals surface area contributed by atoms with Gasteiger partial charge in [0.15, 0.2) is 11.9 Å². The summed E-state index contributed by atoms with van der Waals surface area (Å²) in [6.45, 7) is -0.560. The zero-order valence-corrected chi connectivity index (χ0v) is 14.4. The van der Waals surface area contributed by atoms with E-state index in [0.29, 0.717) is 4.88 Å². The highest BCUT2D eigenvalue weighted by Gasteiger charge is 2.45. The molecule has 1 fully saturated rings. The monoisotopic (exact) mass is 401 g/mol. The van der Waals surface area contributed by atoms with Crippen LogP contribution in [0.1, 0.15) is 11.8 Å². The lowest BCUT2D eigenvalue weighted by Gasteiger charge is -2.16. The maximum absolute atomic E-state index is 13.6. The minimum absolute atomic E-state index is 0.110. The first kappa shape index (κ1) is 18.3. The molecule has 0 spiro atoms. The molecule has 3 aromatic heterocycles. The van der Waals surface area contributed by atoms with E-state index in [2.05, 4.69) is 10.1 Å². The summed E-state index contributed by atoms with van der Waals surface area (Å²) in [5, 5.41) is 34.7. The predicted octanol–water partition coefficient (Wildman–Crippen LogP) is 1.79. The fourth-order valence-electron chi connectivity index (χ4n) is 3.07. The van der Waals surface area contributed by atoms with Crippen LogP contribution >= 0.6 is 11.3 Å². The summed E-state index contributed by atoms with van der Waals surface area (Å²) in [6, 6.07) is 4.30. The van der Waals surface area contributed by atoms with E-state index >= 15 is 0 Å². The number of aromatic nitrogens is 3. The Morgan fingerprint density at radius 1 is 1.26 bits per heavy atom. The zero-order valence-electron chi connectivity index (χ0n) is 13.5. The molecule has 3 N–H and O–H groups in total. The molecule has 0 unspecified atom stereocenters. The molecule has 0 aliphatic carbocycles. The Morgan fingerprint density at radius 3 is 2.63 bits per heavy atom. The van der Waals surface area contributed by atoms with Gasteiger partial charge in [-0.15, -0.1) is 11.3 Å². The summed E-state index contributed by atoms with van der Waals surface area (Å²) in [6.07, 6.45) is -8.87. The van der Waals surface area contributed by atoms with Crippen LogP contribution in [-0.4, -0.2) is 55.0 Å². The molecule has 0 aromatic carbocycles. The van der Waals surface area contributed by atoms with Crippen molar-refractivity contribution in [2.75, 3.05) is 6.61 Å². The van der Waals surface area contributed by atoms with Crippen LogP contribution in [0.15, 0.2) is 29.8 Å². The topological polar surface area (TPSA) is 101 Å². The molecular formula is C16H14F3N3O4S. The van der Waals surface area contributed by atoms with E-state index in [-0.39, 0.29) is 16.7 Å². The average molecular weight is 401 g/mol. The van der Waals surface area contributed by atoms with E-state index in [1.165, 1.54) is 11.3 Å². The maximum Gasteiger partial charge on any atom is 0.417 e. The van der Waals surface area contributed by atoms with Crippen LogP contribution < -0.4 is 0 Å². The normalized spacial score (nSPS) is 26.1. The van der Waals surface area contributed by atoms with Gasteiger partial charge in [0.25, 0.3) is 0 Å². The standard InChI is InChI=1S/C16H14F3N3O4S/c17-16(18,19)8-4-9(11-2-1-3-27-11)21-14-7(8)5-20-22(14)15-13(25)12(24)10(6-23)26-15/h1-5,10,12-13,15,23-25H,6H2/t10-,12-,13-,15-/m1/s1. The van der Waals surface area contributed by atoms with E-state index in [1.54, 1.807) is 17.5 Å². The van der Waals surface area contributed by atoms with E-state index in [4.69, 9.17) is 4.74 Å². The van der Waals surface area contributed by atoms with Crippen LogP contribution in [0.3, 0.4) is 0 Å². The van der Waals surface area contributed by atoms with Gasteiger partial charge in [-0.2, -0.15) is 18.3 Å². The van der Waals surface area contributed by atoms with E-state index < -0.39 is 42.9 Å². The number of alkyl halides is 3. The minimum Gasteiger partial charge on any atom is -0.394 e. The molecule has 0 bridgehead atoms. The summed E-state index contributed by atoms with van der Waals surface area (Å²) in [5.74, 6) is 0. The highest BCUT2D eigenvalue weighted by Crippen LogP contribution is 2.39. The molecule has 7 nitrogen and oxygen atoms in total. The third-order valence-corrected chi connectivity index (χ3v) is 5.30.